The lowest BCUT2D eigenvalue weighted by atomic mass is 9.92. The average Bonchev–Trinajstić information content (AvgIpc) is 2.86. The fourth-order valence-corrected chi connectivity index (χ4v) is 4.03. The number of hydrogen-bond donors (Lipinski definition) is 0. The Morgan fingerprint density at radius 2 is 1.30 bits per heavy atom. The molecule has 0 spiro atoms. The molecular weight excluding hydrogens is 412 g/mol. The van der Waals surface area contributed by atoms with Crippen molar-refractivity contribution in [2.75, 3.05) is 19.8 Å². The van der Waals surface area contributed by atoms with E-state index in [0.717, 1.165) is 57.0 Å². The van der Waals surface area contributed by atoms with Crippen LogP contribution in [0.2, 0.25) is 0 Å². The first kappa shape index (κ1) is 22.4. The molecule has 0 atom stereocenters. The largest absolute Gasteiger partial charge is 0.493 e. The van der Waals surface area contributed by atoms with Gasteiger partial charge < -0.3 is 14.2 Å². The van der Waals surface area contributed by atoms with Crippen LogP contribution in [-0.4, -0.2) is 25.8 Å². The summed E-state index contributed by atoms with van der Waals surface area (Å²) >= 11 is 0. The number of carbonyl (C=O) groups is 1. The Morgan fingerprint density at radius 1 is 0.758 bits per heavy atom. The van der Waals surface area contributed by atoms with E-state index in [9.17, 15) is 4.79 Å². The van der Waals surface area contributed by atoms with Crippen LogP contribution >= 0.6 is 0 Å². The van der Waals surface area contributed by atoms with Crippen LogP contribution in [0.5, 0.6) is 11.5 Å². The maximum absolute atomic E-state index is 11.2. The first-order valence-corrected chi connectivity index (χ1v) is 11.3. The van der Waals surface area contributed by atoms with E-state index in [1.165, 1.54) is 6.08 Å². The molecule has 0 unspecified atom stereocenters. The molecule has 4 nitrogen and oxygen atoms in total. The van der Waals surface area contributed by atoms with Gasteiger partial charge in [0.15, 0.2) is 0 Å². The summed E-state index contributed by atoms with van der Waals surface area (Å²) in [7, 11) is 0. The molecule has 0 amide bonds. The second-order valence-corrected chi connectivity index (χ2v) is 7.68. The topological polar surface area (TPSA) is 44.8 Å². The van der Waals surface area contributed by atoms with E-state index in [-0.39, 0.29) is 0 Å². The molecule has 4 heteroatoms. The standard InChI is InChI=1S/C29H28O4/c1-3-27(30)33-20-10-9-19-32-26-18-16-22-12-6-8-14-24(22)29(26)28-23-13-7-5-11-21(23)15-17-25(28)31-4-2/h3,5-8,11-18H,1,4,9-10,19-20H2,2H3. The zero-order valence-electron chi connectivity index (χ0n) is 18.9. The molecule has 4 aromatic carbocycles. The van der Waals surface area contributed by atoms with Gasteiger partial charge in [-0.3, -0.25) is 0 Å². The van der Waals surface area contributed by atoms with Crippen LogP contribution in [0, 0.1) is 0 Å². The average molecular weight is 441 g/mol. The van der Waals surface area contributed by atoms with Gasteiger partial charge in [-0.15, -0.1) is 0 Å². The quantitative estimate of drug-likeness (QED) is 0.152. The van der Waals surface area contributed by atoms with Crippen molar-refractivity contribution in [1.82, 2.24) is 0 Å². The second-order valence-electron chi connectivity index (χ2n) is 7.68. The maximum atomic E-state index is 11.2. The highest BCUT2D eigenvalue weighted by Gasteiger charge is 2.18. The first-order chi connectivity index (χ1) is 16.2. The highest BCUT2D eigenvalue weighted by atomic mass is 16.5. The van der Waals surface area contributed by atoms with Gasteiger partial charge in [0.05, 0.1) is 19.8 Å². The SMILES string of the molecule is C=CC(=O)OCCCCOc1ccc2ccccc2c1-c1c(OCC)ccc2ccccc12. The second kappa shape index (κ2) is 10.7. The molecule has 0 saturated heterocycles. The molecule has 0 bridgehead atoms. The van der Waals surface area contributed by atoms with Crippen LogP contribution in [0.25, 0.3) is 32.7 Å². The summed E-state index contributed by atoms with van der Waals surface area (Å²) in [4.78, 5) is 11.2. The molecule has 168 valence electrons. The van der Waals surface area contributed by atoms with Gasteiger partial charge in [-0.05, 0) is 53.4 Å². The summed E-state index contributed by atoms with van der Waals surface area (Å²) in [5.74, 6) is 1.26. The molecule has 33 heavy (non-hydrogen) atoms. The summed E-state index contributed by atoms with van der Waals surface area (Å²) in [6.45, 7) is 6.87. The monoisotopic (exact) mass is 440 g/mol. The lowest BCUT2D eigenvalue weighted by Crippen LogP contribution is -2.05. The van der Waals surface area contributed by atoms with E-state index in [1.54, 1.807) is 0 Å². The molecule has 0 N–H and O–H groups in total. The smallest absolute Gasteiger partial charge is 0.330 e. The first-order valence-electron chi connectivity index (χ1n) is 11.3. The van der Waals surface area contributed by atoms with Crippen LogP contribution in [0.15, 0.2) is 85.5 Å². The number of hydrogen-bond acceptors (Lipinski definition) is 4. The molecule has 0 aliphatic rings. The Labute approximate surface area is 194 Å². The Hall–Kier alpha value is -3.79. The van der Waals surface area contributed by atoms with Gasteiger partial charge in [0.1, 0.15) is 11.5 Å². The van der Waals surface area contributed by atoms with Crippen LogP contribution in [0.3, 0.4) is 0 Å². The minimum absolute atomic E-state index is 0.358. The molecule has 0 aliphatic heterocycles. The number of ether oxygens (including phenoxy) is 3. The van der Waals surface area contributed by atoms with Crippen molar-refractivity contribution in [3.05, 3.63) is 85.5 Å². The van der Waals surface area contributed by atoms with Gasteiger partial charge in [0, 0.05) is 17.2 Å². The Morgan fingerprint density at radius 3 is 1.88 bits per heavy atom. The van der Waals surface area contributed by atoms with Crippen molar-refractivity contribution in [3.63, 3.8) is 0 Å². The predicted molar refractivity (Wildman–Crippen MR) is 134 cm³/mol. The fraction of sp³-hybridized carbons (Fsp3) is 0.207. The molecular formula is C29H28O4. The zero-order valence-corrected chi connectivity index (χ0v) is 18.9. The molecule has 0 heterocycles. The third kappa shape index (κ3) is 5.01. The van der Waals surface area contributed by atoms with Crippen molar-refractivity contribution < 1.29 is 19.0 Å². The van der Waals surface area contributed by atoms with E-state index in [1.807, 2.05) is 31.2 Å². The number of fused-ring (bicyclic) bond motifs is 2. The summed E-state index contributed by atoms with van der Waals surface area (Å²) in [5, 5.41) is 4.54. The van der Waals surface area contributed by atoms with Gasteiger partial charge in [-0.2, -0.15) is 0 Å². The van der Waals surface area contributed by atoms with E-state index < -0.39 is 5.97 Å². The maximum Gasteiger partial charge on any atom is 0.330 e. The van der Waals surface area contributed by atoms with Gasteiger partial charge >= 0.3 is 5.97 Å². The highest BCUT2D eigenvalue weighted by Crippen LogP contribution is 2.45. The minimum Gasteiger partial charge on any atom is -0.493 e. The summed E-state index contributed by atoms with van der Waals surface area (Å²) in [5.41, 5.74) is 2.08. The Balaban J connectivity index is 1.73. The summed E-state index contributed by atoms with van der Waals surface area (Å²) in [6, 6.07) is 24.9. The van der Waals surface area contributed by atoms with E-state index in [0.29, 0.717) is 19.8 Å². The van der Waals surface area contributed by atoms with Crippen molar-refractivity contribution in [1.29, 1.82) is 0 Å². The van der Waals surface area contributed by atoms with Gasteiger partial charge in [0.2, 0.25) is 0 Å². The van der Waals surface area contributed by atoms with Crippen LogP contribution < -0.4 is 9.47 Å². The number of carbonyl (C=O) groups excluding carboxylic acids is 1. The number of esters is 1. The number of unbranched alkanes of at least 4 members (excludes halogenated alkanes) is 1. The minimum atomic E-state index is -0.396. The van der Waals surface area contributed by atoms with Crippen molar-refractivity contribution in [2.24, 2.45) is 0 Å². The predicted octanol–water partition coefficient (Wildman–Crippen LogP) is 6.95. The number of benzene rings is 4. The van der Waals surface area contributed by atoms with Crippen molar-refractivity contribution in [2.45, 2.75) is 19.8 Å². The number of rotatable bonds is 10. The molecule has 4 rings (SSSR count). The van der Waals surface area contributed by atoms with Crippen molar-refractivity contribution >= 4 is 27.5 Å². The van der Waals surface area contributed by atoms with Crippen LogP contribution in [-0.2, 0) is 9.53 Å². The summed E-state index contributed by atoms with van der Waals surface area (Å²) < 4.78 is 17.4. The van der Waals surface area contributed by atoms with E-state index >= 15 is 0 Å². The van der Waals surface area contributed by atoms with E-state index in [2.05, 4.69) is 55.1 Å². The zero-order chi connectivity index (χ0) is 23.0. The highest BCUT2D eigenvalue weighted by molar-refractivity contribution is 6.09. The summed E-state index contributed by atoms with van der Waals surface area (Å²) in [6.07, 6.45) is 2.67. The Bertz CT molecular complexity index is 1280. The Kier molecular flexibility index (Phi) is 7.26. The molecule has 0 aliphatic carbocycles. The van der Waals surface area contributed by atoms with Gasteiger partial charge in [0.25, 0.3) is 0 Å². The molecule has 0 saturated carbocycles. The normalized spacial score (nSPS) is 10.8. The fourth-order valence-electron chi connectivity index (χ4n) is 4.03. The molecule has 0 fully saturated rings. The lowest BCUT2D eigenvalue weighted by molar-refractivity contribution is -0.137. The van der Waals surface area contributed by atoms with Crippen LogP contribution in [0.1, 0.15) is 19.8 Å². The molecule has 4 aromatic rings. The van der Waals surface area contributed by atoms with Crippen molar-refractivity contribution in [3.8, 4) is 22.6 Å². The molecule has 0 aromatic heterocycles. The lowest BCUT2D eigenvalue weighted by Gasteiger charge is -2.19. The van der Waals surface area contributed by atoms with Gasteiger partial charge in [-0.25, -0.2) is 4.79 Å². The van der Waals surface area contributed by atoms with Crippen LogP contribution in [0.4, 0.5) is 0 Å². The van der Waals surface area contributed by atoms with E-state index in [4.69, 9.17) is 14.2 Å². The third-order valence-electron chi connectivity index (χ3n) is 5.54. The molecule has 0 radical (unpaired) electrons. The third-order valence-corrected chi connectivity index (χ3v) is 5.54. The van der Waals surface area contributed by atoms with Gasteiger partial charge in [-0.1, -0.05) is 67.2 Å².